The Morgan fingerprint density at radius 1 is 1.41 bits per heavy atom. The van der Waals surface area contributed by atoms with Gasteiger partial charge in [0.2, 0.25) is 5.13 Å². The van der Waals surface area contributed by atoms with Gasteiger partial charge in [-0.25, -0.2) is 9.98 Å². The Kier molecular flexibility index (Phi) is 4.40. The van der Waals surface area contributed by atoms with E-state index in [1.54, 1.807) is 18.3 Å². The Balaban J connectivity index is 2.01. The highest BCUT2D eigenvalue weighted by Gasteiger charge is 2.19. The molecule has 0 amide bonds. The molecule has 0 saturated carbocycles. The zero-order chi connectivity index (χ0) is 15.4. The Hall–Kier alpha value is -2.32. The largest absolute Gasteiger partial charge is 0.378 e. The highest BCUT2D eigenvalue weighted by Crippen LogP contribution is 2.21. The maximum atomic E-state index is 11.0. The van der Waals surface area contributed by atoms with Crippen LogP contribution < -0.4 is 0 Å². The van der Waals surface area contributed by atoms with E-state index in [0.29, 0.717) is 42.8 Å². The first kappa shape index (κ1) is 14.6. The zero-order valence-electron chi connectivity index (χ0n) is 11.7. The number of non-ortho nitro benzene ring substituents is 1. The fourth-order valence-corrected chi connectivity index (χ4v) is 2.72. The fourth-order valence-electron chi connectivity index (χ4n) is 2.21. The van der Waals surface area contributed by atoms with E-state index in [2.05, 4.69) is 14.9 Å². The van der Waals surface area contributed by atoms with Crippen molar-refractivity contribution in [2.75, 3.05) is 26.3 Å². The van der Waals surface area contributed by atoms with Crippen LogP contribution in [0.5, 0.6) is 0 Å². The van der Waals surface area contributed by atoms with Gasteiger partial charge in [0.15, 0.2) is 0 Å². The third-order valence-electron chi connectivity index (χ3n) is 3.25. The van der Waals surface area contributed by atoms with Gasteiger partial charge < -0.3 is 9.64 Å². The second-order valence-corrected chi connectivity index (χ2v) is 5.53. The number of amidine groups is 1. The molecule has 0 radical (unpaired) electrons. The van der Waals surface area contributed by atoms with Crippen LogP contribution in [0.3, 0.4) is 0 Å². The second-order valence-electron chi connectivity index (χ2n) is 4.66. The van der Waals surface area contributed by atoms with Gasteiger partial charge in [0.25, 0.3) is 5.69 Å². The van der Waals surface area contributed by atoms with Crippen molar-refractivity contribution in [3.63, 3.8) is 0 Å². The summed E-state index contributed by atoms with van der Waals surface area (Å²) in [5.41, 5.74) is 0.767. The number of morpholine rings is 1. The SMILES string of the molecule is O=[N+]([O-])c1cccc(/C(=N\c2nccs2)N2CCOCC2)c1. The monoisotopic (exact) mass is 318 g/mol. The van der Waals surface area contributed by atoms with Crippen molar-refractivity contribution in [3.05, 3.63) is 51.5 Å². The lowest BCUT2D eigenvalue weighted by molar-refractivity contribution is -0.384. The summed E-state index contributed by atoms with van der Waals surface area (Å²) < 4.78 is 5.36. The maximum absolute atomic E-state index is 11.0. The summed E-state index contributed by atoms with van der Waals surface area (Å²) in [6, 6.07) is 6.52. The average molecular weight is 318 g/mol. The molecule has 0 aliphatic carbocycles. The first-order valence-electron chi connectivity index (χ1n) is 6.80. The maximum Gasteiger partial charge on any atom is 0.270 e. The molecule has 1 aromatic heterocycles. The van der Waals surface area contributed by atoms with E-state index in [1.807, 2.05) is 11.4 Å². The van der Waals surface area contributed by atoms with Crippen molar-refractivity contribution in [3.8, 4) is 0 Å². The minimum absolute atomic E-state index is 0.0533. The van der Waals surface area contributed by atoms with Crippen LogP contribution in [0.25, 0.3) is 0 Å². The number of aliphatic imine (C=N–C) groups is 1. The number of ether oxygens (including phenoxy) is 1. The minimum atomic E-state index is -0.399. The van der Waals surface area contributed by atoms with Gasteiger partial charge in [0.05, 0.1) is 18.1 Å². The normalized spacial score (nSPS) is 15.8. The van der Waals surface area contributed by atoms with E-state index in [0.717, 1.165) is 0 Å². The van der Waals surface area contributed by atoms with Gasteiger partial charge in [0, 0.05) is 42.4 Å². The molecule has 7 nitrogen and oxygen atoms in total. The molecule has 1 aliphatic heterocycles. The standard InChI is InChI=1S/C14H14N4O3S/c19-18(20)12-3-1-2-11(10-12)13(16-14-15-4-9-22-14)17-5-7-21-8-6-17/h1-4,9-10H,5-8H2/b16-13+. The minimum Gasteiger partial charge on any atom is -0.378 e. The van der Waals surface area contributed by atoms with Gasteiger partial charge in [-0.3, -0.25) is 10.1 Å². The molecule has 0 bridgehead atoms. The van der Waals surface area contributed by atoms with E-state index in [1.165, 1.54) is 17.4 Å². The highest BCUT2D eigenvalue weighted by molar-refractivity contribution is 7.13. The van der Waals surface area contributed by atoms with Gasteiger partial charge in [-0.2, -0.15) is 0 Å². The molecule has 1 fully saturated rings. The summed E-state index contributed by atoms with van der Waals surface area (Å²) in [6.07, 6.45) is 1.69. The Morgan fingerprint density at radius 3 is 2.91 bits per heavy atom. The summed E-state index contributed by atoms with van der Waals surface area (Å²) in [5, 5.41) is 13.5. The fraction of sp³-hybridized carbons (Fsp3) is 0.286. The summed E-state index contributed by atoms with van der Waals surface area (Å²) in [5.74, 6) is 0.696. The number of nitro groups is 1. The van der Waals surface area contributed by atoms with Crippen molar-refractivity contribution >= 4 is 28.0 Å². The first-order valence-corrected chi connectivity index (χ1v) is 7.68. The van der Waals surface area contributed by atoms with Gasteiger partial charge in [-0.1, -0.05) is 12.1 Å². The quantitative estimate of drug-likeness (QED) is 0.376. The number of hydrogen-bond acceptors (Lipinski definition) is 6. The Bertz CT molecular complexity index is 681. The second kappa shape index (κ2) is 6.63. The molecule has 1 aromatic carbocycles. The molecule has 2 heterocycles. The smallest absolute Gasteiger partial charge is 0.270 e. The lowest BCUT2D eigenvalue weighted by atomic mass is 10.1. The molecule has 8 heteroatoms. The third kappa shape index (κ3) is 3.29. The summed E-state index contributed by atoms with van der Waals surface area (Å²) in [6.45, 7) is 2.64. The van der Waals surface area contributed by atoms with Gasteiger partial charge in [-0.05, 0) is 0 Å². The third-order valence-corrected chi connectivity index (χ3v) is 3.91. The summed E-state index contributed by atoms with van der Waals surface area (Å²) >= 11 is 1.43. The molecule has 1 saturated heterocycles. The molecule has 22 heavy (non-hydrogen) atoms. The molecule has 0 unspecified atom stereocenters. The van der Waals surface area contributed by atoms with Crippen molar-refractivity contribution in [1.29, 1.82) is 0 Å². The van der Waals surface area contributed by atoms with E-state index >= 15 is 0 Å². The molecule has 0 spiro atoms. The number of rotatable bonds is 3. The van der Waals surface area contributed by atoms with Crippen LogP contribution >= 0.6 is 11.3 Å². The first-order chi connectivity index (χ1) is 10.7. The van der Waals surface area contributed by atoms with Crippen molar-refractivity contribution in [2.45, 2.75) is 0 Å². The Morgan fingerprint density at radius 2 is 2.23 bits per heavy atom. The number of nitro benzene ring substituents is 1. The number of aromatic nitrogens is 1. The van der Waals surface area contributed by atoms with E-state index in [4.69, 9.17) is 4.74 Å². The van der Waals surface area contributed by atoms with E-state index < -0.39 is 4.92 Å². The molecule has 0 N–H and O–H groups in total. The predicted molar refractivity (Wildman–Crippen MR) is 83.8 cm³/mol. The van der Waals surface area contributed by atoms with Gasteiger partial charge >= 0.3 is 0 Å². The van der Waals surface area contributed by atoms with Gasteiger partial charge in [-0.15, -0.1) is 11.3 Å². The number of benzene rings is 1. The molecule has 0 atom stereocenters. The van der Waals surface area contributed by atoms with Crippen LogP contribution in [-0.2, 0) is 4.74 Å². The molecular formula is C14H14N4O3S. The van der Waals surface area contributed by atoms with Crippen LogP contribution in [0.1, 0.15) is 5.56 Å². The van der Waals surface area contributed by atoms with Crippen molar-refractivity contribution in [1.82, 2.24) is 9.88 Å². The molecule has 114 valence electrons. The Labute approximate surface area is 131 Å². The average Bonchev–Trinajstić information content (AvgIpc) is 3.07. The van der Waals surface area contributed by atoms with Crippen LogP contribution in [0.2, 0.25) is 0 Å². The number of nitrogens with zero attached hydrogens (tertiary/aromatic N) is 4. The van der Waals surface area contributed by atoms with Crippen LogP contribution in [0.15, 0.2) is 40.8 Å². The van der Waals surface area contributed by atoms with Crippen molar-refractivity contribution in [2.24, 2.45) is 4.99 Å². The van der Waals surface area contributed by atoms with E-state index in [9.17, 15) is 10.1 Å². The lowest BCUT2D eigenvalue weighted by Gasteiger charge is -2.29. The van der Waals surface area contributed by atoms with Gasteiger partial charge in [0.1, 0.15) is 5.84 Å². The number of hydrogen-bond donors (Lipinski definition) is 0. The van der Waals surface area contributed by atoms with Crippen LogP contribution in [-0.4, -0.2) is 46.9 Å². The van der Waals surface area contributed by atoms with Crippen LogP contribution in [0.4, 0.5) is 10.8 Å². The molecule has 3 rings (SSSR count). The summed E-state index contributed by atoms with van der Waals surface area (Å²) in [7, 11) is 0. The zero-order valence-corrected chi connectivity index (χ0v) is 12.5. The lowest BCUT2D eigenvalue weighted by Crippen LogP contribution is -2.41. The van der Waals surface area contributed by atoms with Crippen LogP contribution in [0, 0.1) is 10.1 Å². The number of thiazole rings is 1. The topological polar surface area (TPSA) is 80.9 Å². The summed E-state index contributed by atoms with van der Waals surface area (Å²) in [4.78, 5) is 21.4. The molecular weight excluding hydrogens is 304 g/mol. The predicted octanol–water partition coefficient (Wildman–Crippen LogP) is 2.46. The van der Waals surface area contributed by atoms with Crippen molar-refractivity contribution < 1.29 is 9.66 Å². The highest BCUT2D eigenvalue weighted by atomic mass is 32.1. The molecule has 2 aromatic rings. The molecule has 1 aliphatic rings. The van der Waals surface area contributed by atoms with E-state index in [-0.39, 0.29) is 5.69 Å².